The van der Waals surface area contributed by atoms with Crippen molar-refractivity contribution < 1.29 is 4.74 Å². The zero-order valence-corrected chi connectivity index (χ0v) is 9.24. The summed E-state index contributed by atoms with van der Waals surface area (Å²) in [6, 6.07) is 1.96. The average Bonchev–Trinajstić information content (AvgIpc) is 2.09. The van der Waals surface area contributed by atoms with Crippen LogP contribution >= 0.6 is 27.5 Å². The molecule has 1 aromatic heterocycles. The fourth-order valence-corrected chi connectivity index (χ4v) is 1.44. The molecule has 0 aromatic carbocycles. The van der Waals surface area contributed by atoms with E-state index in [0.29, 0.717) is 11.0 Å². The molecule has 1 rings (SSSR count). The summed E-state index contributed by atoms with van der Waals surface area (Å²) >= 11 is 9.16. The van der Waals surface area contributed by atoms with Gasteiger partial charge in [0.15, 0.2) is 0 Å². The van der Waals surface area contributed by atoms with Crippen LogP contribution in [-0.4, -0.2) is 12.1 Å². The molecule has 0 spiro atoms. The lowest BCUT2D eigenvalue weighted by Gasteiger charge is -2.06. The Labute approximate surface area is 85.0 Å². The summed E-state index contributed by atoms with van der Waals surface area (Å²) in [5.74, 6) is 0.586. The fourth-order valence-electron chi connectivity index (χ4n) is 0.904. The number of aryl methyl sites for hydroxylation is 1. The molecule has 0 aliphatic heterocycles. The van der Waals surface area contributed by atoms with Crippen LogP contribution in [0.15, 0.2) is 6.07 Å². The Morgan fingerprint density at radius 2 is 2.33 bits per heavy atom. The Morgan fingerprint density at radius 3 is 2.83 bits per heavy atom. The maximum atomic E-state index is 5.82. The highest BCUT2D eigenvalue weighted by Gasteiger charge is 2.06. The van der Waals surface area contributed by atoms with Crippen LogP contribution in [-0.2, 0) is 5.33 Å². The first-order valence-electron chi connectivity index (χ1n) is 3.45. The zero-order chi connectivity index (χ0) is 9.14. The van der Waals surface area contributed by atoms with Crippen molar-refractivity contribution in [2.24, 2.45) is 0 Å². The van der Waals surface area contributed by atoms with Crippen LogP contribution in [0, 0.1) is 6.92 Å². The lowest BCUT2D eigenvalue weighted by Crippen LogP contribution is -1.95. The molecular formula is C8H9BrClNO. The number of pyridine rings is 1. The Hall–Kier alpha value is -0.280. The minimum atomic E-state index is 0.497. The molecular weight excluding hydrogens is 241 g/mol. The van der Waals surface area contributed by atoms with Crippen LogP contribution < -0.4 is 4.74 Å². The summed E-state index contributed by atoms with van der Waals surface area (Å²) < 4.78 is 5.05. The highest BCUT2D eigenvalue weighted by Crippen LogP contribution is 2.23. The summed E-state index contributed by atoms with van der Waals surface area (Å²) in [6.07, 6.45) is 0. The number of methoxy groups -OCH3 is 1. The second kappa shape index (κ2) is 4.10. The van der Waals surface area contributed by atoms with Gasteiger partial charge in [-0.1, -0.05) is 27.5 Å². The van der Waals surface area contributed by atoms with E-state index >= 15 is 0 Å². The number of hydrogen-bond acceptors (Lipinski definition) is 2. The van der Waals surface area contributed by atoms with Gasteiger partial charge in [0, 0.05) is 10.9 Å². The fraction of sp³-hybridized carbons (Fsp3) is 0.375. The van der Waals surface area contributed by atoms with Gasteiger partial charge in [0.1, 0.15) is 5.15 Å². The number of hydrogen-bond donors (Lipinski definition) is 0. The number of rotatable bonds is 2. The second-order valence-corrected chi connectivity index (χ2v) is 3.32. The second-order valence-electron chi connectivity index (χ2n) is 2.40. The quantitative estimate of drug-likeness (QED) is 0.595. The number of ether oxygens (including phenoxy) is 1. The van der Waals surface area contributed by atoms with Crippen molar-refractivity contribution in [3.63, 3.8) is 0 Å². The molecule has 0 unspecified atom stereocenters. The highest BCUT2D eigenvalue weighted by molar-refractivity contribution is 9.08. The molecule has 2 nitrogen and oxygen atoms in total. The summed E-state index contributed by atoms with van der Waals surface area (Å²) in [5.41, 5.74) is 1.98. The molecule has 0 fully saturated rings. The van der Waals surface area contributed by atoms with Crippen molar-refractivity contribution >= 4 is 27.5 Å². The molecule has 1 aromatic rings. The molecule has 66 valence electrons. The molecule has 4 heteroatoms. The van der Waals surface area contributed by atoms with Crippen molar-refractivity contribution in [3.8, 4) is 5.88 Å². The molecule has 0 saturated carbocycles. The predicted molar refractivity (Wildman–Crippen MR) is 53.2 cm³/mol. The third-order valence-electron chi connectivity index (χ3n) is 1.53. The summed E-state index contributed by atoms with van der Waals surface area (Å²) in [5, 5.41) is 1.22. The van der Waals surface area contributed by atoms with Crippen LogP contribution in [0.1, 0.15) is 11.1 Å². The Balaban J connectivity index is 3.19. The minimum Gasteiger partial charge on any atom is -0.481 e. The topological polar surface area (TPSA) is 22.1 Å². The minimum absolute atomic E-state index is 0.497. The monoisotopic (exact) mass is 249 g/mol. The lowest BCUT2D eigenvalue weighted by molar-refractivity contribution is 0.394. The van der Waals surface area contributed by atoms with Gasteiger partial charge in [-0.2, -0.15) is 0 Å². The largest absolute Gasteiger partial charge is 0.481 e. The van der Waals surface area contributed by atoms with Gasteiger partial charge in [-0.25, -0.2) is 4.98 Å². The van der Waals surface area contributed by atoms with Gasteiger partial charge in [0.25, 0.3) is 0 Å². The van der Waals surface area contributed by atoms with E-state index in [1.807, 2.05) is 13.0 Å². The van der Waals surface area contributed by atoms with E-state index in [2.05, 4.69) is 20.9 Å². The van der Waals surface area contributed by atoms with E-state index in [1.54, 1.807) is 7.11 Å². The van der Waals surface area contributed by atoms with Crippen LogP contribution in [0.25, 0.3) is 0 Å². The normalized spacial score (nSPS) is 10.0. The van der Waals surface area contributed by atoms with Crippen molar-refractivity contribution in [1.29, 1.82) is 0 Å². The molecule has 0 N–H and O–H groups in total. The van der Waals surface area contributed by atoms with Gasteiger partial charge in [-0.3, -0.25) is 0 Å². The molecule has 1 heterocycles. The Kier molecular flexibility index (Phi) is 3.35. The average molecular weight is 251 g/mol. The molecule has 0 bridgehead atoms. The SMILES string of the molecule is COc1nc(Cl)c(C)cc1CBr. The van der Waals surface area contributed by atoms with Crippen molar-refractivity contribution in [3.05, 3.63) is 22.3 Å². The van der Waals surface area contributed by atoms with Gasteiger partial charge < -0.3 is 4.74 Å². The van der Waals surface area contributed by atoms with E-state index in [4.69, 9.17) is 16.3 Å². The third kappa shape index (κ3) is 1.90. The molecule has 0 radical (unpaired) electrons. The van der Waals surface area contributed by atoms with Crippen molar-refractivity contribution in [2.75, 3.05) is 7.11 Å². The van der Waals surface area contributed by atoms with E-state index < -0.39 is 0 Å². The third-order valence-corrected chi connectivity index (χ3v) is 2.51. The van der Waals surface area contributed by atoms with Crippen LogP contribution in [0.3, 0.4) is 0 Å². The standard InChI is InChI=1S/C8H9BrClNO/c1-5-3-6(4-9)8(12-2)11-7(5)10/h3H,4H2,1-2H3. The highest BCUT2D eigenvalue weighted by atomic mass is 79.9. The van der Waals surface area contributed by atoms with Gasteiger partial charge in [-0.05, 0) is 18.6 Å². The first kappa shape index (κ1) is 9.81. The summed E-state index contributed by atoms with van der Waals surface area (Å²) in [6.45, 7) is 1.92. The van der Waals surface area contributed by atoms with E-state index in [1.165, 1.54) is 0 Å². The first-order valence-corrected chi connectivity index (χ1v) is 4.95. The smallest absolute Gasteiger partial charge is 0.218 e. The van der Waals surface area contributed by atoms with E-state index in [-0.39, 0.29) is 0 Å². The lowest BCUT2D eigenvalue weighted by atomic mass is 10.2. The van der Waals surface area contributed by atoms with Crippen LogP contribution in [0.4, 0.5) is 0 Å². The van der Waals surface area contributed by atoms with Gasteiger partial charge in [0.05, 0.1) is 7.11 Å². The number of nitrogens with zero attached hydrogens (tertiary/aromatic N) is 1. The summed E-state index contributed by atoms with van der Waals surface area (Å²) in [4.78, 5) is 4.08. The van der Waals surface area contributed by atoms with Crippen molar-refractivity contribution in [2.45, 2.75) is 12.3 Å². The van der Waals surface area contributed by atoms with E-state index in [9.17, 15) is 0 Å². The maximum Gasteiger partial charge on any atom is 0.218 e. The van der Waals surface area contributed by atoms with Crippen LogP contribution in [0.2, 0.25) is 5.15 Å². The molecule has 0 atom stereocenters. The first-order chi connectivity index (χ1) is 5.69. The van der Waals surface area contributed by atoms with Gasteiger partial charge in [-0.15, -0.1) is 0 Å². The maximum absolute atomic E-state index is 5.82. The number of halogens is 2. The predicted octanol–water partition coefficient (Wildman–Crippen LogP) is 2.95. The van der Waals surface area contributed by atoms with Crippen LogP contribution in [0.5, 0.6) is 5.88 Å². The summed E-state index contributed by atoms with van der Waals surface area (Å²) in [7, 11) is 1.58. The molecule has 0 aliphatic rings. The Bertz CT molecular complexity index is 262. The van der Waals surface area contributed by atoms with E-state index in [0.717, 1.165) is 16.5 Å². The zero-order valence-electron chi connectivity index (χ0n) is 6.90. The number of alkyl halides is 1. The van der Waals surface area contributed by atoms with Crippen molar-refractivity contribution in [1.82, 2.24) is 4.98 Å². The van der Waals surface area contributed by atoms with Gasteiger partial charge >= 0.3 is 0 Å². The molecule has 0 amide bonds. The molecule has 0 saturated heterocycles. The molecule has 12 heavy (non-hydrogen) atoms. The Morgan fingerprint density at radius 1 is 1.67 bits per heavy atom. The number of aromatic nitrogens is 1. The molecule has 0 aliphatic carbocycles. The van der Waals surface area contributed by atoms with Gasteiger partial charge in [0.2, 0.25) is 5.88 Å².